The van der Waals surface area contributed by atoms with Crippen molar-refractivity contribution in [2.75, 3.05) is 13.2 Å². The summed E-state index contributed by atoms with van der Waals surface area (Å²) in [5, 5.41) is 3.32. The molecule has 0 fully saturated rings. The maximum absolute atomic E-state index is 13.6. The molecule has 0 aliphatic carbocycles. The number of hydrogen-bond acceptors (Lipinski definition) is 2. The molecule has 0 aliphatic heterocycles. The zero-order valence-electron chi connectivity index (χ0n) is 10.9. The van der Waals surface area contributed by atoms with Crippen LogP contribution in [0.25, 0.3) is 0 Å². The molecule has 1 atom stereocenters. The quantitative estimate of drug-likeness (QED) is 0.737. The molecule has 17 heavy (non-hydrogen) atoms. The van der Waals surface area contributed by atoms with Crippen molar-refractivity contribution in [3.8, 4) is 0 Å². The van der Waals surface area contributed by atoms with E-state index < -0.39 is 0 Å². The van der Waals surface area contributed by atoms with Crippen LogP contribution in [0.4, 0.5) is 4.39 Å². The van der Waals surface area contributed by atoms with E-state index in [0.29, 0.717) is 6.61 Å². The van der Waals surface area contributed by atoms with Crippen molar-refractivity contribution < 1.29 is 9.13 Å². The van der Waals surface area contributed by atoms with Crippen molar-refractivity contribution in [3.63, 3.8) is 0 Å². The lowest BCUT2D eigenvalue weighted by Crippen LogP contribution is -2.26. The van der Waals surface area contributed by atoms with Gasteiger partial charge in [0.1, 0.15) is 5.82 Å². The van der Waals surface area contributed by atoms with Gasteiger partial charge in [-0.1, -0.05) is 25.1 Å². The van der Waals surface area contributed by atoms with Crippen molar-refractivity contribution >= 4 is 0 Å². The van der Waals surface area contributed by atoms with E-state index in [1.165, 1.54) is 6.07 Å². The molecule has 0 saturated heterocycles. The zero-order chi connectivity index (χ0) is 12.7. The lowest BCUT2D eigenvalue weighted by atomic mass is 10.0. The van der Waals surface area contributed by atoms with Gasteiger partial charge in [-0.15, -0.1) is 0 Å². The second-order valence-corrected chi connectivity index (χ2v) is 4.36. The van der Waals surface area contributed by atoms with Gasteiger partial charge in [-0.05, 0) is 26.3 Å². The fourth-order valence-electron chi connectivity index (χ4n) is 1.76. The molecule has 1 aromatic rings. The molecule has 0 aromatic heterocycles. The molecule has 1 rings (SSSR count). The SMILES string of the molecule is CCC(NCCOC(C)C)c1ccccc1F. The number of nitrogens with one attached hydrogen (secondary N) is 1. The van der Waals surface area contributed by atoms with Crippen LogP contribution in [0, 0.1) is 5.82 Å². The van der Waals surface area contributed by atoms with Crippen molar-refractivity contribution in [1.82, 2.24) is 5.32 Å². The summed E-state index contributed by atoms with van der Waals surface area (Å²) in [5.74, 6) is -0.142. The van der Waals surface area contributed by atoms with Gasteiger partial charge in [0.25, 0.3) is 0 Å². The first-order valence-electron chi connectivity index (χ1n) is 6.24. The Hall–Kier alpha value is -0.930. The molecule has 96 valence electrons. The Bertz CT molecular complexity index is 328. The maximum Gasteiger partial charge on any atom is 0.127 e. The highest BCUT2D eigenvalue weighted by Gasteiger charge is 2.12. The Balaban J connectivity index is 2.46. The molecule has 0 spiro atoms. The third kappa shape index (κ3) is 4.84. The van der Waals surface area contributed by atoms with Gasteiger partial charge in [-0.2, -0.15) is 0 Å². The summed E-state index contributed by atoms with van der Waals surface area (Å²) in [4.78, 5) is 0. The van der Waals surface area contributed by atoms with Gasteiger partial charge in [0.2, 0.25) is 0 Å². The molecule has 0 amide bonds. The van der Waals surface area contributed by atoms with Crippen LogP contribution in [0.2, 0.25) is 0 Å². The average molecular weight is 239 g/mol. The molecule has 1 unspecified atom stereocenters. The van der Waals surface area contributed by atoms with Gasteiger partial charge in [0.15, 0.2) is 0 Å². The molecule has 1 N–H and O–H groups in total. The van der Waals surface area contributed by atoms with Crippen LogP contribution in [0.15, 0.2) is 24.3 Å². The Morgan fingerprint density at radius 1 is 1.29 bits per heavy atom. The van der Waals surface area contributed by atoms with E-state index in [-0.39, 0.29) is 18.0 Å². The summed E-state index contributed by atoms with van der Waals surface area (Å²) < 4.78 is 19.0. The van der Waals surface area contributed by atoms with Crippen LogP contribution >= 0.6 is 0 Å². The number of ether oxygens (including phenoxy) is 1. The molecule has 1 aromatic carbocycles. The Morgan fingerprint density at radius 2 is 2.00 bits per heavy atom. The monoisotopic (exact) mass is 239 g/mol. The minimum Gasteiger partial charge on any atom is -0.377 e. The summed E-state index contributed by atoms with van der Waals surface area (Å²) in [5.41, 5.74) is 0.736. The third-order valence-electron chi connectivity index (χ3n) is 2.63. The fraction of sp³-hybridized carbons (Fsp3) is 0.571. The average Bonchev–Trinajstić information content (AvgIpc) is 2.30. The van der Waals surface area contributed by atoms with E-state index in [0.717, 1.165) is 18.5 Å². The minimum atomic E-state index is -0.142. The predicted molar refractivity (Wildman–Crippen MR) is 68.5 cm³/mol. The largest absolute Gasteiger partial charge is 0.377 e. The van der Waals surface area contributed by atoms with Gasteiger partial charge in [-0.3, -0.25) is 0 Å². The summed E-state index contributed by atoms with van der Waals surface area (Å²) in [7, 11) is 0. The molecular weight excluding hydrogens is 217 g/mol. The normalized spacial score (nSPS) is 13.0. The molecule has 0 radical (unpaired) electrons. The molecule has 0 aliphatic rings. The van der Waals surface area contributed by atoms with Crippen molar-refractivity contribution in [2.45, 2.75) is 39.3 Å². The number of halogens is 1. The van der Waals surface area contributed by atoms with Gasteiger partial charge in [-0.25, -0.2) is 4.39 Å². The van der Waals surface area contributed by atoms with Crippen LogP contribution in [0.1, 0.15) is 38.8 Å². The van der Waals surface area contributed by atoms with Crippen molar-refractivity contribution in [2.24, 2.45) is 0 Å². The second-order valence-electron chi connectivity index (χ2n) is 4.36. The van der Waals surface area contributed by atoms with Crippen LogP contribution in [0.5, 0.6) is 0 Å². The highest BCUT2D eigenvalue weighted by atomic mass is 19.1. The Morgan fingerprint density at radius 3 is 2.59 bits per heavy atom. The van der Waals surface area contributed by atoms with E-state index in [1.54, 1.807) is 6.07 Å². The zero-order valence-corrected chi connectivity index (χ0v) is 10.9. The van der Waals surface area contributed by atoms with E-state index in [9.17, 15) is 4.39 Å². The Labute approximate surface area is 103 Å². The smallest absolute Gasteiger partial charge is 0.127 e. The summed E-state index contributed by atoms with van der Waals surface area (Å²) in [6.07, 6.45) is 1.10. The number of rotatable bonds is 7. The molecule has 0 bridgehead atoms. The maximum atomic E-state index is 13.6. The van der Waals surface area contributed by atoms with E-state index in [1.807, 2.05) is 32.9 Å². The number of hydrogen-bond donors (Lipinski definition) is 1. The summed E-state index contributed by atoms with van der Waals surface area (Å²) in [6, 6.07) is 6.98. The van der Waals surface area contributed by atoms with Crippen LogP contribution < -0.4 is 5.32 Å². The Kier molecular flexibility index (Phi) is 6.16. The lowest BCUT2D eigenvalue weighted by Gasteiger charge is -2.18. The highest BCUT2D eigenvalue weighted by Crippen LogP contribution is 2.19. The first-order valence-corrected chi connectivity index (χ1v) is 6.24. The van der Waals surface area contributed by atoms with Gasteiger partial charge in [0, 0.05) is 18.2 Å². The van der Waals surface area contributed by atoms with Crippen molar-refractivity contribution in [3.05, 3.63) is 35.6 Å². The van der Waals surface area contributed by atoms with Crippen LogP contribution in [0.3, 0.4) is 0 Å². The fourth-order valence-corrected chi connectivity index (χ4v) is 1.76. The van der Waals surface area contributed by atoms with Gasteiger partial charge >= 0.3 is 0 Å². The number of benzene rings is 1. The first kappa shape index (κ1) is 14.1. The highest BCUT2D eigenvalue weighted by molar-refractivity contribution is 5.20. The van der Waals surface area contributed by atoms with E-state index >= 15 is 0 Å². The summed E-state index contributed by atoms with van der Waals surface area (Å²) in [6.45, 7) is 7.46. The third-order valence-corrected chi connectivity index (χ3v) is 2.63. The first-order chi connectivity index (χ1) is 8.15. The minimum absolute atomic E-state index is 0.0620. The molecule has 0 saturated carbocycles. The standard InChI is InChI=1S/C14H22FNO/c1-4-14(16-9-10-17-11(2)3)12-7-5-6-8-13(12)15/h5-8,11,14,16H,4,9-10H2,1-3H3. The topological polar surface area (TPSA) is 21.3 Å². The van der Waals surface area contributed by atoms with E-state index in [4.69, 9.17) is 4.74 Å². The van der Waals surface area contributed by atoms with Crippen LogP contribution in [-0.4, -0.2) is 19.3 Å². The molecule has 0 heterocycles. The summed E-state index contributed by atoms with van der Waals surface area (Å²) >= 11 is 0. The molecular formula is C14H22FNO. The predicted octanol–water partition coefficient (Wildman–Crippen LogP) is 3.29. The molecule has 3 heteroatoms. The van der Waals surface area contributed by atoms with Crippen molar-refractivity contribution in [1.29, 1.82) is 0 Å². The molecule has 2 nitrogen and oxygen atoms in total. The van der Waals surface area contributed by atoms with E-state index in [2.05, 4.69) is 5.32 Å². The second kappa shape index (κ2) is 7.41. The van der Waals surface area contributed by atoms with Gasteiger partial charge in [0.05, 0.1) is 12.7 Å². The van der Waals surface area contributed by atoms with Gasteiger partial charge < -0.3 is 10.1 Å². The van der Waals surface area contributed by atoms with Crippen LogP contribution in [-0.2, 0) is 4.74 Å². The lowest BCUT2D eigenvalue weighted by molar-refractivity contribution is 0.0792.